The van der Waals surface area contributed by atoms with Gasteiger partial charge in [0.25, 0.3) is 0 Å². The van der Waals surface area contributed by atoms with Crippen LogP contribution in [0.25, 0.3) is 0 Å². The Hall–Kier alpha value is -0.990. The van der Waals surface area contributed by atoms with E-state index in [0.29, 0.717) is 18.5 Å². The van der Waals surface area contributed by atoms with Gasteiger partial charge in [0.05, 0.1) is 6.54 Å². The van der Waals surface area contributed by atoms with Crippen molar-refractivity contribution >= 4 is 5.96 Å². The first kappa shape index (κ1) is 9.10. The summed E-state index contributed by atoms with van der Waals surface area (Å²) in [6.45, 7) is 4.18. The van der Waals surface area contributed by atoms with E-state index in [-0.39, 0.29) is 0 Å². The second kappa shape index (κ2) is 4.80. The van der Waals surface area contributed by atoms with Crippen LogP contribution in [0.15, 0.2) is 17.6 Å². The van der Waals surface area contributed by atoms with Crippen LogP contribution in [0.1, 0.15) is 25.7 Å². The maximum atomic E-state index is 5.63. The Bertz CT molecular complexity index is 169. The van der Waals surface area contributed by atoms with Crippen molar-refractivity contribution in [1.82, 2.24) is 5.32 Å². The lowest BCUT2D eigenvalue weighted by Crippen LogP contribution is -2.38. The Morgan fingerprint density at radius 1 is 1.58 bits per heavy atom. The highest BCUT2D eigenvalue weighted by Crippen LogP contribution is 2.17. The molecular formula is C9H17N3. The molecule has 3 heteroatoms. The summed E-state index contributed by atoms with van der Waals surface area (Å²) in [5.74, 6) is 0.557. The lowest BCUT2D eigenvalue weighted by atomic mass is 10.2. The van der Waals surface area contributed by atoms with Gasteiger partial charge >= 0.3 is 0 Å². The van der Waals surface area contributed by atoms with Gasteiger partial charge in [-0.3, -0.25) is 0 Å². The summed E-state index contributed by atoms with van der Waals surface area (Å²) in [5.41, 5.74) is 5.63. The third-order valence-electron chi connectivity index (χ3n) is 2.10. The Balaban J connectivity index is 2.23. The largest absolute Gasteiger partial charge is 0.370 e. The topological polar surface area (TPSA) is 50.4 Å². The maximum absolute atomic E-state index is 5.63. The molecule has 0 heterocycles. The van der Waals surface area contributed by atoms with E-state index in [2.05, 4.69) is 16.9 Å². The van der Waals surface area contributed by atoms with Crippen molar-refractivity contribution in [3.63, 3.8) is 0 Å². The van der Waals surface area contributed by atoms with E-state index in [0.717, 1.165) is 0 Å². The molecule has 0 aromatic heterocycles. The SMILES string of the molecule is C=CCN=C(N)NC1CCCC1. The van der Waals surface area contributed by atoms with Gasteiger partial charge in [-0.05, 0) is 12.8 Å². The number of nitrogens with one attached hydrogen (secondary N) is 1. The molecule has 0 aromatic rings. The molecule has 0 radical (unpaired) electrons. The Labute approximate surface area is 73.7 Å². The van der Waals surface area contributed by atoms with Crippen LogP contribution in [-0.2, 0) is 0 Å². The first-order valence-electron chi connectivity index (χ1n) is 4.50. The van der Waals surface area contributed by atoms with E-state index < -0.39 is 0 Å². The predicted molar refractivity (Wildman–Crippen MR) is 52.1 cm³/mol. The first-order chi connectivity index (χ1) is 5.83. The normalized spacial score (nSPS) is 19.5. The third-order valence-corrected chi connectivity index (χ3v) is 2.10. The monoisotopic (exact) mass is 167 g/mol. The fourth-order valence-electron chi connectivity index (χ4n) is 1.49. The summed E-state index contributed by atoms with van der Waals surface area (Å²) >= 11 is 0. The zero-order valence-electron chi connectivity index (χ0n) is 7.42. The number of guanidine groups is 1. The average Bonchev–Trinajstić information content (AvgIpc) is 2.53. The summed E-state index contributed by atoms with van der Waals surface area (Å²) in [7, 11) is 0. The minimum absolute atomic E-state index is 0.554. The molecule has 0 aliphatic heterocycles. The standard InChI is InChI=1S/C9H17N3/c1-2-7-11-9(10)12-8-5-3-4-6-8/h2,8H,1,3-7H2,(H3,10,11,12). The van der Waals surface area contributed by atoms with Crippen molar-refractivity contribution in [2.75, 3.05) is 6.54 Å². The number of hydrogen-bond donors (Lipinski definition) is 2. The molecule has 0 unspecified atom stereocenters. The van der Waals surface area contributed by atoms with Crippen LogP contribution in [0.3, 0.4) is 0 Å². The highest BCUT2D eigenvalue weighted by molar-refractivity contribution is 5.78. The molecule has 0 spiro atoms. The average molecular weight is 167 g/mol. The Kier molecular flexibility index (Phi) is 3.64. The molecule has 0 bridgehead atoms. The summed E-state index contributed by atoms with van der Waals surface area (Å²) in [5, 5.41) is 3.19. The van der Waals surface area contributed by atoms with E-state index in [1.54, 1.807) is 6.08 Å². The van der Waals surface area contributed by atoms with Gasteiger partial charge in [0.1, 0.15) is 0 Å². The van der Waals surface area contributed by atoms with Gasteiger partial charge in [0.15, 0.2) is 5.96 Å². The molecule has 0 saturated heterocycles. The number of nitrogens with zero attached hydrogens (tertiary/aromatic N) is 1. The highest BCUT2D eigenvalue weighted by atomic mass is 15.1. The van der Waals surface area contributed by atoms with Gasteiger partial charge in [-0.1, -0.05) is 18.9 Å². The quantitative estimate of drug-likeness (QED) is 0.374. The second-order valence-corrected chi connectivity index (χ2v) is 3.14. The van der Waals surface area contributed by atoms with Gasteiger partial charge in [0, 0.05) is 6.04 Å². The van der Waals surface area contributed by atoms with Gasteiger partial charge in [0.2, 0.25) is 0 Å². The molecule has 0 atom stereocenters. The van der Waals surface area contributed by atoms with Crippen molar-refractivity contribution < 1.29 is 0 Å². The van der Waals surface area contributed by atoms with Crippen LogP contribution < -0.4 is 11.1 Å². The fraction of sp³-hybridized carbons (Fsp3) is 0.667. The first-order valence-corrected chi connectivity index (χ1v) is 4.50. The van der Waals surface area contributed by atoms with Crippen molar-refractivity contribution in [2.24, 2.45) is 10.7 Å². The molecule has 68 valence electrons. The van der Waals surface area contributed by atoms with E-state index in [4.69, 9.17) is 5.73 Å². The lowest BCUT2D eigenvalue weighted by Gasteiger charge is -2.11. The van der Waals surface area contributed by atoms with Gasteiger partial charge in [-0.15, -0.1) is 6.58 Å². The van der Waals surface area contributed by atoms with Crippen LogP contribution >= 0.6 is 0 Å². The molecule has 3 nitrogen and oxygen atoms in total. The zero-order valence-corrected chi connectivity index (χ0v) is 7.42. The van der Waals surface area contributed by atoms with Crippen molar-refractivity contribution in [2.45, 2.75) is 31.7 Å². The predicted octanol–water partition coefficient (Wildman–Crippen LogP) is 1.02. The minimum Gasteiger partial charge on any atom is -0.370 e. The van der Waals surface area contributed by atoms with Crippen molar-refractivity contribution in [3.8, 4) is 0 Å². The summed E-state index contributed by atoms with van der Waals surface area (Å²) in [6.07, 6.45) is 6.82. The molecule has 3 N–H and O–H groups in total. The van der Waals surface area contributed by atoms with Crippen LogP contribution in [0.5, 0.6) is 0 Å². The number of aliphatic imine (C=N–C) groups is 1. The fourth-order valence-corrected chi connectivity index (χ4v) is 1.49. The molecule has 1 fully saturated rings. The van der Waals surface area contributed by atoms with Gasteiger partial charge in [-0.25, -0.2) is 4.99 Å². The van der Waals surface area contributed by atoms with Crippen LogP contribution in [0.2, 0.25) is 0 Å². The smallest absolute Gasteiger partial charge is 0.189 e. The Morgan fingerprint density at radius 2 is 2.25 bits per heavy atom. The summed E-state index contributed by atoms with van der Waals surface area (Å²) < 4.78 is 0. The Morgan fingerprint density at radius 3 is 2.83 bits per heavy atom. The zero-order chi connectivity index (χ0) is 8.81. The molecule has 1 aliphatic carbocycles. The molecular weight excluding hydrogens is 150 g/mol. The molecule has 0 aromatic carbocycles. The lowest BCUT2D eigenvalue weighted by molar-refractivity contribution is 0.626. The molecule has 1 aliphatic rings. The van der Waals surface area contributed by atoms with E-state index in [9.17, 15) is 0 Å². The molecule has 1 rings (SSSR count). The number of rotatable bonds is 3. The minimum atomic E-state index is 0.554. The number of hydrogen-bond acceptors (Lipinski definition) is 1. The molecule has 1 saturated carbocycles. The molecule has 0 amide bonds. The maximum Gasteiger partial charge on any atom is 0.189 e. The van der Waals surface area contributed by atoms with E-state index in [1.807, 2.05) is 0 Å². The van der Waals surface area contributed by atoms with Crippen molar-refractivity contribution in [3.05, 3.63) is 12.7 Å². The van der Waals surface area contributed by atoms with Crippen LogP contribution in [-0.4, -0.2) is 18.5 Å². The number of nitrogens with two attached hydrogens (primary N) is 1. The highest BCUT2D eigenvalue weighted by Gasteiger charge is 2.14. The summed E-state index contributed by atoms with van der Waals surface area (Å²) in [4.78, 5) is 4.07. The molecule has 12 heavy (non-hydrogen) atoms. The van der Waals surface area contributed by atoms with Gasteiger partial charge < -0.3 is 11.1 Å². The second-order valence-electron chi connectivity index (χ2n) is 3.14. The van der Waals surface area contributed by atoms with Crippen molar-refractivity contribution in [1.29, 1.82) is 0 Å². The van der Waals surface area contributed by atoms with Crippen LogP contribution in [0, 0.1) is 0 Å². The van der Waals surface area contributed by atoms with Gasteiger partial charge in [-0.2, -0.15) is 0 Å². The van der Waals surface area contributed by atoms with E-state index in [1.165, 1.54) is 25.7 Å². The summed E-state index contributed by atoms with van der Waals surface area (Å²) in [6, 6.07) is 0.554. The van der Waals surface area contributed by atoms with Crippen LogP contribution in [0.4, 0.5) is 0 Å². The van der Waals surface area contributed by atoms with E-state index >= 15 is 0 Å². The third kappa shape index (κ3) is 2.95.